The zero-order valence-corrected chi connectivity index (χ0v) is 12.1. The topological polar surface area (TPSA) is 54.5 Å². The van der Waals surface area contributed by atoms with Crippen molar-refractivity contribution < 1.29 is 8.78 Å². The summed E-state index contributed by atoms with van der Waals surface area (Å²) in [5.74, 6) is 0. The number of fused-ring (bicyclic) bond motifs is 1. The smallest absolute Gasteiger partial charge is 0.282 e. The summed E-state index contributed by atoms with van der Waals surface area (Å²) in [5.41, 5.74) is 2.68. The zero-order chi connectivity index (χ0) is 16.0. The fraction of sp³-hybridized carbons (Fsp3) is 0.235. The lowest BCUT2D eigenvalue weighted by Crippen LogP contribution is -1.99. The molecule has 3 aromatic rings. The lowest BCUT2D eigenvalue weighted by Gasteiger charge is -2.10. The van der Waals surface area contributed by atoms with Crippen molar-refractivity contribution in [3.05, 3.63) is 47.8 Å². The van der Waals surface area contributed by atoms with Gasteiger partial charge in [-0.05, 0) is 37.1 Å². The van der Waals surface area contributed by atoms with E-state index in [1.54, 1.807) is 6.07 Å². The van der Waals surface area contributed by atoms with Crippen LogP contribution >= 0.6 is 0 Å². The molecule has 0 N–H and O–H groups in total. The van der Waals surface area contributed by atoms with Crippen molar-refractivity contribution in [1.82, 2.24) is 14.8 Å². The number of hydrogen-bond acceptors (Lipinski definition) is 3. The molecule has 0 amide bonds. The van der Waals surface area contributed by atoms with Crippen LogP contribution in [0.25, 0.3) is 22.2 Å². The summed E-state index contributed by atoms with van der Waals surface area (Å²) in [5, 5.41) is 17.3. The molecule has 2 heterocycles. The van der Waals surface area contributed by atoms with Crippen molar-refractivity contribution in [2.24, 2.45) is 0 Å². The maximum atomic E-state index is 12.9. The number of halogens is 2. The van der Waals surface area contributed by atoms with Crippen LogP contribution in [0.4, 0.5) is 8.78 Å². The monoisotopic (exact) mass is 310 g/mol. The van der Waals surface area contributed by atoms with Crippen LogP contribution in [-0.2, 0) is 0 Å². The van der Waals surface area contributed by atoms with Gasteiger partial charge in [-0.1, -0.05) is 6.07 Å². The van der Waals surface area contributed by atoms with E-state index in [9.17, 15) is 8.78 Å². The molecule has 0 spiro atoms. The largest absolute Gasteiger partial charge is 0.337 e. The molecular formula is C17H12F2N4. The number of rotatable bonds is 3. The first-order valence-electron chi connectivity index (χ1n) is 7.33. The molecule has 1 aromatic carbocycles. The normalized spacial score (nSPS) is 14.3. The van der Waals surface area contributed by atoms with Crippen LogP contribution in [0.2, 0.25) is 0 Å². The van der Waals surface area contributed by atoms with E-state index in [0.29, 0.717) is 17.2 Å². The third-order valence-electron chi connectivity index (χ3n) is 4.08. The Bertz CT molecular complexity index is 935. The van der Waals surface area contributed by atoms with Gasteiger partial charge in [-0.25, -0.2) is 8.78 Å². The molecule has 4 nitrogen and oxygen atoms in total. The van der Waals surface area contributed by atoms with Gasteiger partial charge in [0.1, 0.15) is 5.69 Å². The molecule has 0 radical (unpaired) electrons. The van der Waals surface area contributed by atoms with Gasteiger partial charge in [-0.15, -0.1) is 5.10 Å². The molecule has 0 bridgehead atoms. The number of alkyl halides is 2. The standard InChI is InChI=1S/C17H12F2N4/c18-17(19)14-6-12(9-21-22-14)16-7-11-2-1-10(8-20)5-15(11)23(16)13-3-4-13/h1-2,5-7,9,13,17H,3-4H2. The first-order valence-corrected chi connectivity index (χ1v) is 7.33. The van der Waals surface area contributed by atoms with Crippen LogP contribution < -0.4 is 0 Å². The minimum atomic E-state index is -2.65. The molecule has 1 fully saturated rings. The summed E-state index contributed by atoms with van der Waals surface area (Å²) in [6, 6.07) is 11.3. The second kappa shape index (κ2) is 5.13. The Hall–Kier alpha value is -2.81. The van der Waals surface area contributed by atoms with Gasteiger partial charge in [-0.3, -0.25) is 0 Å². The van der Waals surface area contributed by atoms with E-state index >= 15 is 0 Å². The van der Waals surface area contributed by atoms with E-state index in [0.717, 1.165) is 29.4 Å². The quantitative estimate of drug-likeness (QED) is 0.727. The molecule has 0 saturated heterocycles. The summed E-state index contributed by atoms with van der Waals surface area (Å²) in [7, 11) is 0. The molecule has 6 heteroatoms. The SMILES string of the molecule is N#Cc1ccc2cc(-c3cnnc(C(F)F)c3)n(C3CC3)c2c1. The number of aromatic nitrogens is 3. The molecular weight excluding hydrogens is 298 g/mol. The highest BCUT2D eigenvalue weighted by atomic mass is 19.3. The summed E-state index contributed by atoms with van der Waals surface area (Å²) >= 11 is 0. The predicted octanol–water partition coefficient (Wildman–Crippen LogP) is 4.24. The Labute approximate surface area is 131 Å². The van der Waals surface area contributed by atoms with Crippen molar-refractivity contribution in [1.29, 1.82) is 5.26 Å². The van der Waals surface area contributed by atoms with E-state index in [2.05, 4.69) is 20.8 Å². The second-order valence-corrected chi connectivity index (χ2v) is 5.69. The van der Waals surface area contributed by atoms with Crippen LogP contribution in [0.5, 0.6) is 0 Å². The van der Waals surface area contributed by atoms with Crippen LogP contribution in [0.3, 0.4) is 0 Å². The van der Waals surface area contributed by atoms with Crippen molar-refractivity contribution >= 4 is 10.9 Å². The minimum Gasteiger partial charge on any atom is -0.337 e. The van der Waals surface area contributed by atoms with Gasteiger partial charge in [0.25, 0.3) is 6.43 Å². The first-order chi connectivity index (χ1) is 11.2. The second-order valence-electron chi connectivity index (χ2n) is 5.69. The molecule has 0 atom stereocenters. The third kappa shape index (κ3) is 2.34. The summed E-state index contributed by atoms with van der Waals surface area (Å²) in [4.78, 5) is 0. The van der Waals surface area contributed by atoms with Crippen LogP contribution in [-0.4, -0.2) is 14.8 Å². The van der Waals surface area contributed by atoms with E-state index in [1.807, 2.05) is 18.2 Å². The molecule has 1 aliphatic carbocycles. The molecule has 114 valence electrons. The average molecular weight is 310 g/mol. The van der Waals surface area contributed by atoms with Crippen LogP contribution in [0, 0.1) is 11.3 Å². The number of nitriles is 1. The highest BCUT2D eigenvalue weighted by molar-refractivity contribution is 5.88. The summed E-state index contributed by atoms with van der Waals surface area (Å²) in [6.45, 7) is 0. The maximum absolute atomic E-state index is 12.9. The van der Waals surface area contributed by atoms with Crippen LogP contribution in [0.15, 0.2) is 36.5 Å². The molecule has 2 aromatic heterocycles. The van der Waals surface area contributed by atoms with Crippen molar-refractivity contribution in [2.45, 2.75) is 25.3 Å². The molecule has 23 heavy (non-hydrogen) atoms. The van der Waals surface area contributed by atoms with Gasteiger partial charge >= 0.3 is 0 Å². The molecule has 1 aliphatic rings. The van der Waals surface area contributed by atoms with Gasteiger partial charge in [0.05, 0.1) is 29.0 Å². The minimum absolute atomic E-state index is 0.326. The average Bonchev–Trinajstić information content (AvgIpc) is 3.34. The van der Waals surface area contributed by atoms with E-state index in [4.69, 9.17) is 5.26 Å². The number of hydrogen-bond donors (Lipinski definition) is 0. The fourth-order valence-electron chi connectivity index (χ4n) is 2.87. The molecule has 0 aliphatic heterocycles. The summed E-state index contributed by atoms with van der Waals surface area (Å²) < 4.78 is 27.9. The Balaban J connectivity index is 1.95. The van der Waals surface area contributed by atoms with E-state index < -0.39 is 6.43 Å². The maximum Gasteiger partial charge on any atom is 0.282 e. The van der Waals surface area contributed by atoms with Gasteiger partial charge in [0, 0.05) is 17.0 Å². The lowest BCUT2D eigenvalue weighted by molar-refractivity contribution is 0.145. The first kappa shape index (κ1) is 13.8. The molecule has 0 unspecified atom stereocenters. The van der Waals surface area contributed by atoms with Gasteiger partial charge in [0.15, 0.2) is 0 Å². The van der Waals surface area contributed by atoms with Crippen LogP contribution in [0.1, 0.15) is 36.6 Å². The van der Waals surface area contributed by atoms with E-state index in [-0.39, 0.29) is 5.69 Å². The fourth-order valence-corrected chi connectivity index (χ4v) is 2.87. The van der Waals surface area contributed by atoms with Crippen molar-refractivity contribution in [2.75, 3.05) is 0 Å². The summed E-state index contributed by atoms with van der Waals surface area (Å²) in [6.07, 6.45) is 0.956. The number of nitrogens with zero attached hydrogens (tertiary/aromatic N) is 4. The Morgan fingerprint density at radius 2 is 2.04 bits per heavy atom. The highest BCUT2D eigenvalue weighted by Crippen LogP contribution is 2.42. The van der Waals surface area contributed by atoms with Crippen molar-refractivity contribution in [3.63, 3.8) is 0 Å². The predicted molar refractivity (Wildman–Crippen MR) is 80.9 cm³/mol. The Kier molecular flexibility index (Phi) is 3.08. The van der Waals surface area contributed by atoms with E-state index in [1.165, 1.54) is 12.3 Å². The van der Waals surface area contributed by atoms with Gasteiger partial charge in [-0.2, -0.15) is 10.4 Å². The Morgan fingerprint density at radius 1 is 1.22 bits per heavy atom. The van der Waals surface area contributed by atoms with Gasteiger partial charge < -0.3 is 4.57 Å². The number of benzene rings is 1. The van der Waals surface area contributed by atoms with Gasteiger partial charge in [0.2, 0.25) is 0 Å². The molecule has 4 rings (SSSR count). The molecule has 1 saturated carbocycles. The lowest BCUT2D eigenvalue weighted by atomic mass is 10.1. The van der Waals surface area contributed by atoms with Crippen molar-refractivity contribution in [3.8, 4) is 17.3 Å². The Morgan fingerprint density at radius 3 is 2.74 bits per heavy atom. The highest BCUT2D eigenvalue weighted by Gasteiger charge is 2.28. The third-order valence-corrected chi connectivity index (χ3v) is 4.08. The zero-order valence-electron chi connectivity index (χ0n) is 12.1.